The molecule has 7 nitrogen and oxygen atoms in total. The smallest absolute Gasteiger partial charge is 0.484 e. The Hall–Kier alpha value is -3.43. The lowest BCUT2D eigenvalue weighted by atomic mass is 10.1. The highest BCUT2D eigenvalue weighted by atomic mass is 19.4. The fourth-order valence-corrected chi connectivity index (χ4v) is 2.63. The summed E-state index contributed by atoms with van der Waals surface area (Å²) in [6, 6.07) is 12.8. The number of halogens is 3. The summed E-state index contributed by atoms with van der Waals surface area (Å²) in [7, 11) is 0. The largest absolute Gasteiger partial charge is 0.573 e. The number of nitrogens with zero attached hydrogens (tertiary/aromatic N) is 1. The third-order valence-electron chi connectivity index (χ3n) is 4.28. The Morgan fingerprint density at radius 1 is 1.06 bits per heavy atom. The van der Waals surface area contributed by atoms with Crippen LogP contribution in [-0.4, -0.2) is 37.4 Å². The number of rotatable bonds is 9. The van der Waals surface area contributed by atoms with Crippen molar-refractivity contribution in [2.24, 2.45) is 10.7 Å². The normalized spacial score (nSPS) is 14.1. The summed E-state index contributed by atoms with van der Waals surface area (Å²) < 4.78 is 45.8. The van der Waals surface area contributed by atoms with E-state index in [2.05, 4.69) is 20.4 Å². The number of alkyl halides is 3. The third kappa shape index (κ3) is 8.45. The molecule has 166 valence electrons. The number of ether oxygens (including phenoxy) is 2. The van der Waals surface area contributed by atoms with Gasteiger partial charge >= 0.3 is 6.36 Å². The molecule has 3 rings (SSSR count). The topological polar surface area (TPSA) is 98.0 Å². The molecule has 0 aromatic heterocycles. The first-order valence-corrected chi connectivity index (χ1v) is 9.71. The van der Waals surface area contributed by atoms with Gasteiger partial charge in [0.2, 0.25) is 0 Å². The van der Waals surface area contributed by atoms with Crippen LogP contribution in [0.3, 0.4) is 0 Å². The van der Waals surface area contributed by atoms with Crippen molar-refractivity contribution in [2.45, 2.75) is 31.7 Å². The SMILES string of the molecule is NC(=NCCc1ccc(OCC(=O)NC2CC2)cc1)Nc1ccc(OC(F)(F)F)cc1. The molecule has 0 saturated heterocycles. The minimum Gasteiger partial charge on any atom is -0.484 e. The molecule has 0 spiro atoms. The van der Waals surface area contributed by atoms with Gasteiger partial charge in [0.25, 0.3) is 5.91 Å². The monoisotopic (exact) mass is 436 g/mol. The number of carbonyl (C=O) groups excluding carboxylic acids is 1. The van der Waals surface area contributed by atoms with E-state index in [9.17, 15) is 18.0 Å². The lowest BCUT2D eigenvalue weighted by molar-refractivity contribution is -0.274. The van der Waals surface area contributed by atoms with Crippen molar-refractivity contribution in [1.82, 2.24) is 5.32 Å². The first kappa shape index (κ1) is 22.3. The van der Waals surface area contributed by atoms with Gasteiger partial charge in [-0.2, -0.15) is 0 Å². The molecule has 0 unspecified atom stereocenters. The molecule has 0 aliphatic heterocycles. The Kier molecular flexibility index (Phi) is 7.22. The van der Waals surface area contributed by atoms with Crippen LogP contribution in [0.15, 0.2) is 53.5 Å². The predicted molar refractivity (Wildman–Crippen MR) is 110 cm³/mol. The highest BCUT2D eigenvalue weighted by molar-refractivity contribution is 5.92. The standard InChI is InChI=1S/C21H23F3N4O3/c22-21(23,24)31-18-9-5-16(6-10-18)28-20(25)26-12-11-14-1-7-17(8-2-14)30-13-19(29)27-15-3-4-15/h1-2,5-10,15H,3-4,11-13H2,(H,27,29)(H3,25,26,28). The lowest BCUT2D eigenvalue weighted by Crippen LogP contribution is -2.30. The van der Waals surface area contributed by atoms with E-state index in [0.29, 0.717) is 30.4 Å². The van der Waals surface area contributed by atoms with Crippen LogP contribution in [0.5, 0.6) is 11.5 Å². The Balaban J connectivity index is 1.39. The fourth-order valence-electron chi connectivity index (χ4n) is 2.63. The van der Waals surface area contributed by atoms with Crippen LogP contribution in [0, 0.1) is 0 Å². The summed E-state index contributed by atoms with van der Waals surface area (Å²) in [5.74, 6) is 0.319. The molecule has 1 fully saturated rings. The van der Waals surface area contributed by atoms with Gasteiger partial charge in [0.15, 0.2) is 12.6 Å². The molecule has 2 aromatic carbocycles. The first-order chi connectivity index (χ1) is 14.8. The zero-order valence-electron chi connectivity index (χ0n) is 16.6. The number of amides is 1. The van der Waals surface area contributed by atoms with E-state index >= 15 is 0 Å². The molecule has 0 atom stereocenters. The van der Waals surface area contributed by atoms with Crippen LogP contribution < -0.4 is 25.8 Å². The summed E-state index contributed by atoms with van der Waals surface area (Å²) in [5, 5.41) is 5.66. The predicted octanol–water partition coefficient (Wildman–Crippen LogP) is 3.21. The van der Waals surface area contributed by atoms with Crippen LogP contribution in [-0.2, 0) is 11.2 Å². The molecule has 0 heterocycles. The second kappa shape index (κ2) is 10.1. The Morgan fingerprint density at radius 2 is 1.71 bits per heavy atom. The number of benzene rings is 2. The summed E-state index contributed by atoms with van der Waals surface area (Å²) in [5.41, 5.74) is 7.31. The molecule has 10 heteroatoms. The van der Waals surface area contributed by atoms with Crippen molar-refractivity contribution < 1.29 is 27.4 Å². The zero-order chi connectivity index (χ0) is 22.3. The third-order valence-corrected chi connectivity index (χ3v) is 4.28. The summed E-state index contributed by atoms with van der Waals surface area (Å²) >= 11 is 0. The maximum atomic E-state index is 12.2. The van der Waals surface area contributed by atoms with Crippen molar-refractivity contribution in [1.29, 1.82) is 0 Å². The van der Waals surface area contributed by atoms with Crippen molar-refractivity contribution in [3.8, 4) is 11.5 Å². The molecule has 4 N–H and O–H groups in total. The number of guanidine groups is 1. The van der Waals surface area contributed by atoms with Gasteiger partial charge in [0.1, 0.15) is 11.5 Å². The van der Waals surface area contributed by atoms with E-state index in [1.165, 1.54) is 24.3 Å². The van der Waals surface area contributed by atoms with Crippen LogP contribution in [0.25, 0.3) is 0 Å². The fraction of sp³-hybridized carbons (Fsp3) is 0.333. The number of aliphatic imine (C=N–C) groups is 1. The number of anilines is 1. The number of nitrogens with one attached hydrogen (secondary N) is 2. The summed E-state index contributed by atoms with van der Waals surface area (Å²) in [4.78, 5) is 15.8. The summed E-state index contributed by atoms with van der Waals surface area (Å²) in [6.07, 6.45) is -2.04. The number of hydrogen-bond acceptors (Lipinski definition) is 4. The second-order valence-electron chi connectivity index (χ2n) is 6.99. The number of carbonyl (C=O) groups is 1. The van der Waals surface area contributed by atoms with E-state index in [1.807, 2.05) is 12.1 Å². The second-order valence-corrected chi connectivity index (χ2v) is 6.99. The van der Waals surface area contributed by atoms with Crippen molar-refractivity contribution >= 4 is 17.6 Å². The molecule has 1 saturated carbocycles. The van der Waals surface area contributed by atoms with Gasteiger partial charge in [0, 0.05) is 18.3 Å². The number of hydrogen-bond donors (Lipinski definition) is 3. The average Bonchev–Trinajstić information content (AvgIpc) is 3.52. The molecular formula is C21H23F3N4O3. The molecule has 1 aliphatic rings. The van der Waals surface area contributed by atoms with E-state index < -0.39 is 6.36 Å². The average molecular weight is 436 g/mol. The molecule has 0 bridgehead atoms. The minimum atomic E-state index is -4.73. The van der Waals surface area contributed by atoms with Crippen LogP contribution in [0.4, 0.5) is 18.9 Å². The highest BCUT2D eigenvalue weighted by Gasteiger charge is 2.30. The van der Waals surface area contributed by atoms with E-state index in [0.717, 1.165) is 18.4 Å². The highest BCUT2D eigenvalue weighted by Crippen LogP contribution is 2.24. The Bertz CT molecular complexity index is 896. The van der Waals surface area contributed by atoms with Crippen molar-refractivity contribution in [3.63, 3.8) is 0 Å². The van der Waals surface area contributed by atoms with Crippen LogP contribution in [0.1, 0.15) is 18.4 Å². The van der Waals surface area contributed by atoms with E-state index in [-0.39, 0.29) is 24.2 Å². The van der Waals surface area contributed by atoms with Crippen LogP contribution in [0.2, 0.25) is 0 Å². The Labute approximate surface area is 177 Å². The Morgan fingerprint density at radius 3 is 2.32 bits per heavy atom. The van der Waals surface area contributed by atoms with E-state index in [1.54, 1.807) is 12.1 Å². The lowest BCUT2D eigenvalue weighted by Gasteiger charge is -2.10. The van der Waals surface area contributed by atoms with E-state index in [4.69, 9.17) is 10.5 Å². The first-order valence-electron chi connectivity index (χ1n) is 9.71. The van der Waals surface area contributed by atoms with Crippen LogP contribution >= 0.6 is 0 Å². The minimum absolute atomic E-state index is 0.00828. The van der Waals surface area contributed by atoms with Crippen molar-refractivity contribution in [3.05, 3.63) is 54.1 Å². The quantitative estimate of drug-likeness (QED) is 0.414. The zero-order valence-corrected chi connectivity index (χ0v) is 16.6. The summed E-state index contributed by atoms with van der Waals surface area (Å²) in [6.45, 7) is 0.407. The van der Waals surface area contributed by atoms with Gasteiger partial charge < -0.3 is 25.8 Å². The molecule has 0 radical (unpaired) electrons. The maximum absolute atomic E-state index is 12.2. The molecule has 31 heavy (non-hydrogen) atoms. The van der Waals surface area contributed by atoms with Gasteiger partial charge in [0.05, 0.1) is 0 Å². The van der Waals surface area contributed by atoms with Gasteiger partial charge in [-0.15, -0.1) is 13.2 Å². The molecule has 1 aliphatic carbocycles. The van der Waals surface area contributed by atoms with Gasteiger partial charge in [-0.05, 0) is 61.2 Å². The molecule has 1 amide bonds. The van der Waals surface area contributed by atoms with Gasteiger partial charge in [-0.25, -0.2) is 0 Å². The molecular weight excluding hydrogens is 413 g/mol. The van der Waals surface area contributed by atoms with Gasteiger partial charge in [-0.1, -0.05) is 12.1 Å². The number of nitrogens with two attached hydrogens (primary N) is 1. The van der Waals surface area contributed by atoms with Gasteiger partial charge in [-0.3, -0.25) is 9.79 Å². The molecule has 2 aromatic rings. The maximum Gasteiger partial charge on any atom is 0.573 e. The van der Waals surface area contributed by atoms with Crippen molar-refractivity contribution in [2.75, 3.05) is 18.5 Å².